The molecule has 4 rings (SSSR count). The summed E-state index contributed by atoms with van der Waals surface area (Å²) < 4.78 is 43.8. The van der Waals surface area contributed by atoms with E-state index in [4.69, 9.17) is 0 Å². The number of nitrogens with zero attached hydrogens (tertiary/aromatic N) is 5. The number of amides is 1. The minimum atomic E-state index is -4.00. The first-order valence-corrected chi connectivity index (χ1v) is 11.4. The molecule has 1 fully saturated rings. The molecule has 1 saturated heterocycles. The van der Waals surface area contributed by atoms with Gasteiger partial charge in [-0.1, -0.05) is 23.4 Å². The van der Waals surface area contributed by atoms with Crippen LogP contribution in [-0.4, -0.2) is 63.4 Å². The van der Waals surface area contributed by atoms with Crippen molar-refractivity contribution in [2.24, 2.45) is 0 Å². The van der Waals surface area contributed by atoms with Crippen LogP contribution >= 0.6 is 0 Å². The first-order chi connectivity index (χ1) is 14.8. The number of rotatable bonds is 6. The smallest absolute Gasteiger partial charge is 0.273 e. The maximum atomic E-state index is 14.3. The molecule has 0 radical (unpaired) electrons. The number of benzene rings is 1. The first-order valence-electron chi connectivity index (χ1n) is 9.96. The van der Waals surface area contributed by atoms with Crippen molar-refractivity contribution in [3.63, 3.8) is 0 Å². The Labute approximate surface area is 179 Å². The van der Waals surface area contributed by atoms with E-state index < -0.39 is 22.2 Å². The fourth-order valence-corrected chi connectivity index (χ4v) is 5.57. The minimum Gasteiger partial charge on any atom is -0.348 e. The van der Waals surface area contributed by atoms with Gasteiger partial charge in [0.05, 0.1) is 18.3 Å². The van der Waals surface area contributed by atoms with E-state index in [1.54, 1.807) is 24.3 Å². The molecule has 11 heteroatoms. The Kier molecular flexibility index (Phi) is 5.71. The number of aromatic nitrogens is 4. The van der Waals surface area contributed by atoms with Gasteiger partial charge in [0.2, 0.25) is 10.0 Å². The van der Waals surface area contributed by atoms with Gasteiger partial charge in [-0.2, -0.15) is 4.31 Å². The number of hydrogen-bond acceptors (Lipinski definition) is 6. The van der Waals surface area contributed by atoms with Crippen LogP contribution in [0.2, 0.25) is 0 Å². The SMILES string of the molecule is CC(C)NC(=O)c1cn(C[C@@H]2C[C@H](F)CN2S(=O)(=O)c2cccc3cccnc23)nn1. The molecule has 0 unspecified atom stereocenters. The van der Waals surface area contributed by atoms with Gasteiger partial charge in [-0.25, -0.2) is 12.8 Å². The van der Waals surface area contributed by atoms with E-state index in [9.17, 15) is 17.6 Å². The summed E-state index contributed by atoms with van der Waals surface area (Å²) in [5.74, 6) is -0.373. The average molecular weight is 447 g/mol. The number of halogens is 1. The maximum absolute atomic E-state index is 14.3. The molecule has 1 aliphatic heterocycles. The number of sulfonamides is 1. The molecule has 9 nitrogen and oxygen atoms in total. The Morgan fingerprint density at radius 3 is 2.84 bits per heavy atom. The molecule has 1 aliphatic rings. The van der Waals surface area contributed by atoms with Crippen LogP contribution in [0.25, 0.3) is 10.9 Å². The maximum Gasteiger partial charge on any atom is 0.273 e. The van der Waals surface area contributed by atoms with Crippen LogP contribution in [0.3, 0.4) is 0 Å². The third-order valence-electron chi connectivity index (χ3n) is 5.08. The van der Waals surface area contributed by atoms with E-state index in [0.717, 1.165) is 4.31 Å². The summed E-state index contributed by atoms with van der Waals surface area (Å²) in [7, 11) is -4.00. The number of carbonyl (C=O) groups excluding carboxylic acids is 1. The van der Waals surface area contributed by atoms with Gasteiger partial charge in [0, 0.05) is 30.2 Å². The van der Waals surface area contributed by atoms with Crippen LogP contribution in [-0.2, 0) is 16.6 Å². The van der Waals surface area contributed by atoms with Crippen LogP contribution in [0.4, 0.5) is 4.39 Å². The van der Waals surface area contributed by atoms with Crippen molar-refractivity contribution in [3.8, 4) is 0 Å². The molecule has 164 valence electrons. The lowest BCUT2D eigenvalue weighted by Crippen LogP contribution is -2.38. The van der Waals surface area contributed by atoms with Gasteiger partial charge in [-0.15, -0.1) is 5.10 Å². The molecule has 0 bridgehead atoms. The standard InChI is InChI=1S/C20H23FN6O3S/c1-13(2)23-20(28)17-12-26(25-24-17)11-16-9-15(21)10-27(16)31(29,30)18-7-3-5-14-6-4-8-22-19(14)18/h3-8,12-13,15-16H,9-11H2,1-2H3,(H,23,28)/t15-,16-/m0/s1. The summed E-state index contributed by atoms with van der Waals surface area (Å²) >= 11 is 0. The molecule has 2 atom stereocenters. The van der Waals surface area contributed by atoms with Gasteiger partial charge in [0.1, 0.15) is 11.1 Å². The molecule has 2 aromatic heterocycles. The van der Waals surface area contributed by atoms with Crippen molar-refractivity contribution in [2.45, 2.75) is 50.0 Å². The molecule has 3 heterocycles. The Morgan fingerprint density at radius 1 is 1.29 bits per heavy atom. The predicted molar refractivity (Wildman–Crippen MR) is 112 cm³/mol. The van der Waals surface area contributed by atoms with Gasteiger partial charge in [-0.3, -0.25) is 14.5 Å². The van der Waals surface area contributed by atoms with E-state index >= 15 is 0 Å². The summed E-state index contributed by atoms with van der Waals surface area (Å²) in [6, 6.07) is 7.69. The molecular formula is C20H23FN6O3S. The quantitative estimate of drug-likeness (QED) is 0.618. The van der Waals surface area contributed by atoms with Crippen LogP contribution in [0.15, 0.2) is 47.6 Å². The molecule has 0 saturated carbocycles. The minimum absolute atomic E-state index is 0.0325. The number of nitrogens with one attached hydrogen (secondary N) is 1. The van der Waals surface area contributed by atoms with Crippen molar-refractivity contribution >= 4 is 26.8 Å². The summed E-state index contributed by atoms with van der Waals surface area (Å²) in [4.78, 5) is 16.4. The summed E-state index contributed by atoms with van der Waals surface area (Å²) in [6.45, 7) is 3.49. The van der Waals surface area contributed by atoms with Crippen LogP contribution in [0.1, 0.15) is 30.8 Å². The number of hydrogen-bond donors (Lipinski definition) is 1. The highest BCUT2D eigenvalue weighted by molar-refractivity contribution is 7.89. The van der Waals surface area contributed by atoms with Crippen LogP contribution < -0.4 is 5.32 Å². The molecule has 3 aromatic rings. The highest BCUT2D eigenvalue weighted by atomic mass is 32.2. The average Bonchev–Trinajstić information content (AvgIpc) is 3.34. The van der Waals surface area contributed by atoms with E-state index in [0.29, 0.717) is 10.9 Å². The van der Waals surface area contributed by atoms with E-state index in [-0.39, 0.29) is 42.0 Å². The van der Waals surface area contributed by atoms with Gasteiger partial charge in [-0.05, 0) is 32.4 Å². The zero-order valence-electron chi connectivity index (χ0n) is 17.1. The summed E-state index contributed by atoms with van der Waals surface area (Å²) in [5, 5.41) is 11.2. The van der Waals surface area contributed by atoms with Gasteiger partial charge >= 0.3 is 0 Å². The van der Waals surface area contributed by atoms with Crippen LogP contribution in [0, 0.1) is 0 Å². The Balaban J connectivity index is 1.61. The second-order valence-corrected chi connectivity index (χ2v) is 9.71. The molecule has 0 spiro atoms. The van der Waals surface area contributed by atoms with E-state index in [2.05, 4.69) is 20.6 Å². The van der Waals surface area contributed by atoms with Gasteiger partial charge < -0.3 is 5.32 Å². The lowest BCUT2D eigenvalue weighted by Gasteiger charge is -2.24. The number of pyridine rings is 1. The molecular weight excluding hydrogens is 423 g/mol. The third-order valence-corrected chi connectivity index (χ3v) is 7.03. The Morgan fingerprint density at radius 2 is 2.06 bits per heavy atom. The monoisotopic (exact) mass is 446 g/mol. The highest BCUT2D eigenvalue weighted by Gasteiger charge is 2.41. The number of fused-ring (bicyclic) bond motifs is 1. The lowest BCUT2D eigenvalue weighted by molar-refractivity contribution is 0.0938. The fourth-order valence-electron chi connectivity index (χ4n) is 3.75. The highest BCUT2D eigenvalue weighted by Crippen LogP contribution is 2.31. The van der Waals surface area contributed by atoms with Gasteiger partial charge in [0.15, 0.2) is 5.69 Å². The van der Waals surface area contributed by atoms with Crippen molar-refractivity contribution in [1.29, 1.82) is 0 Å². The lowest BCUT2D eigenvalue weighted by atomic mass is 10.2. The van der Waals surface area contributed by atoms with E-state index in [1.807, 2.05) is 13.8 Å². The molecule has 1 aromatic carbocycles. The predicted octanol–water partition coefficient (Wildman–Crippen LogP) is 1.77. The van der Waals surface area contributed by atoms with E-state index in [1.165, 1.54) is 23.1 Å². The summed E-state index contributed by atoms with van der Waals surface area (Å²) in [5.41, 5.74) is 0.468. The molecule has 1 N–H and O–H groups in total. The zero-order valence-corrected chi connectivity index (χ0v) is 18.0. The molecule has 0 aliphatic carbocycles. The molecule has 31 heavy (non-hydrogen) atoms. The van der Waals surface area contributed by atoms with Crippen molar-refractivity contribution in [1.82, 2.24) is 29.6 Å². The van der Waals surface area contributed by atoms with Crippen molar-refractivity contribution < 1.29 is 17.6 Å². The Bertz CT molecular complexity index is 1210. The second-order valence-electron chi connectivity index (χ2n) is 7.85. The van der Waals surface area contributed by atoms with Crippen molar-refractivity contribution in [2.75, 3.05) is 6.54 Å². The van der Waals surface area contributed by atoms with Gasteiger partial charge in [0.25, 0.3) is 5.91 Å². The Hall–Kier alpha value is -2.92. The number of para-hydroxylation sites is 1. The second kappa shape index (κ2) is 8.31. The largest absolute Gasteiger partial charge is 0.348 e. The number of carbonyl (C=O) groups is 1. The normalized spacial score (nSPS) is 19.9. The first kappa shape index (κ1) is 21.3. The van der Waals surface area contributed by atoms with Crippen LogP contribution in [0.5, 0.6) is 0 Å². The third kappa shape index (κ3) is 4.28. The topological polar surface area (TPSA) is 110 Å². The van der Waals surface area contributed by atoms with Crippen molar-refractivity contribution in [3.05, 3.63) is 48.4 Å². The fraction of sp³-hybridized carbons (Fsp3) is 0.400. The molecule has 1 amide bonds. The zero-order chi connectivity index (χ0) is 22.2. The number of alkyl halides is 1. The summed E-state index contributed by atoms with van der Waals surface area (Å²) in [6.07, 6.45) is 1.70.